The van der Waals surface area contributed by atoms with Gasteiger partial charge in [0.25, 0.3) is 0 Å². The lowest BCUT2D eigenvalue weighted by molar-refractivity contribution is 0.335. The van der Waals surface area contributed by atoms with E-state index < -0.39 is 0 Å². The van der Waals surface area contributed by atoms with Crippen molar-refractivity contribution in [2.75, 3.05) is 0 Å². The molecule has 1 rings (SSSR count). The Hall–Kier alpha value is -0.0400. The number of hydrogen-bond donors (Lipinski definition) is 1. The monoisotopic (exact) mass is 183 g/mol. The first kappa shape index (κ1) is 11.0. The average Bonchev–Trinajstić information content (AvgIpc) is 2.81. The van der Waals surface area contributed by atoms with Crippen molar-refractivity contribution >= 4 is 0 Å². The molecule has 0 bridgehead atoms. The van der Waals surface area contributed by atoms with Gasteiger partial charge in [-0.1, -0.05) is 26.7 Å². The smallest absolute Gasteiger partial charge is 0.00950 e. The second-order valence-electron chi connectivity index (χ2n) is 5.09. The van der Waals surface area contributed by atoms with Crippen molar-refractivity contribution in [2.45, 2.75) is 71.9 Å². The molecule has 0 radical (unpaired) electrons. The third-order valence-electron chi connectivity index (χ3n) is 3.61. The number of hydrogen-bond acceptors (Lipinski definition) is 1. The third kappa shape index (κ3) is 3.30. The summed E-state index contributed by atoms with van der Waals surface area (Å²) >= 11 is 0. The first-order valence-electron chi connectivity index (χ1n) is 5.84. The SMILES string of the molecule is CCCCC(C)NC(C)C1(C)CC1. The Morgan fingerprint density at radius 1 is 1.31 bits per heavy atom. The van der Waals surface area contributed by atoms with Crippen molar-refractivity contribution in [2.24, 2.45) is 5.41 Å². The molecule has 13 heavy (non-hydrogen) atoms. The molecule has 0 saturated heterocycles. The van der Waals surface area contributed by atoms with Crippen LogP contribution in [0.5, 0.6) is 0 Å². The van der Waals surface area contributed by atoms with E-state index in [2.05, 4.69) is 33.0 Å². The van der Waals surface area contributed by atoms with Crippen LogP contribution < -0.4 is 5.32 Å². The fourth-order valence-electron chi connectivity index (χ4n) is 1.85. The van der Waals surface area contributed by atoms with Gasteiger partial charge in [-0.2, -0.15) is 0 Å². The van der Waals surface area contributed by atoms with Crippen molar-refractivity contribution in [3.8, 4) is 0 Å². The largest absolute Gasteiger partial charge is 0.311 e. The first-order valence-corrected chi connectivity index (χ1v) is 5.84. The Bertz CT molecular complexity index is 149. The van der Waals surface area contributed by atoms with Crippen LogP contribution in [0.1, 0.15) is 59.8 Å². The van der Waals surface area contributed by atoms with Gasteiger partial charge in [0.1, 0.15) is 0 Å². The number of rotatable bonds is 6. The highest BCUT2D eigenvalue weighted by Gasteiger charge is 2.42. The zero-order chi connectivity index (χ0) is 9.90. The lowest BCUT2D eigenvalue weighted by Crippen LogP contribution is -2.39. The number of unbranched alkanes of at least 4 members (excludes halogenated alkanes) is 1. The molecule has 0 aromatic rings. The van der Waals surface area contributed by atoms with Gasteiger partial charge in [0.15, 0.2) is 0 Å². The van der Waals surface area contributed by atoms with Crippen LogP contribution in [-0.2, 0) is 0 Å². The highest BCUT2D eigenvalue weighted by atomic mass is 15.0. The topological polar surface area (TPSA) is 12.0 Å². The third-order valence-corrected chi connectivity index (χ3v) is 3.61. The fraction of sp³-hybridized carbons (Fsp3) is 1.00. The Kier molecular flexibility index (Phi) is 3.78. The van der Waals surface area contributed by atoms with Gasteiger partial charge in [-0.15, -0.1) is 0 Å². The zero-order valence-electron chi connectivity index (χ0n) is 9.69. The lowest BCUT2D eigenvalue weighted by Gasteiger charge is -2.24. The minimum atomic E-state index is 0.625. The molecule has 0 amide bonds. The fourth-order valence-corrected chi connectivity index (χ4v) is 1.85. The molecule has 1 N–H and O–H groups in total. The van der Waals surface area contributed by atoms with Crippen molar-refractivity contribution in [1.29, 1.82) is 0 Å². The molecule has 0 heterocycles. The van der Waals surface area contributed by atoms with Crippen molar-refractivity contribution < 1.29 is 0 Å². The summed E-state index contributed by atoms with van der Waals surface area (Å²) in [4.78, 5) is 0. The summed E-state index contributed by atoms with van der Waals surface area (Å²) in [5.74, 6) is 0. The molecule has 1 saturated carbocycles. The van der Waals surface area contributed by atoms with Gasteiger partial charge < -0.3 is 5.32 Å². The molecular weight excluding hydrogens is 158 g/mol. The van der Waals surface area contributed by atoms with E-state index in [0.717, 1.165) is 0 Å². The standard InChI is InChI=1S/C12H25N/c1-5-6-7-10(2)13-11(3)12(4)8-9-12/h10-11,13H,5-9H2,1-4H3. The van der Waals surface area contributed by atoms with Crippen LogP contribution in [0, 0.1) is 5.41 Å². The highest BCUT2D eigenvalue weighted by molar-refractivity contribution is 4.97. The van der Waals surface area contributed by atoms with Gasteiger partial charge in [-0.25, -0.2) is 0 Å². The van der Waals surface area contributed by atoms with Crippen molar-refractivity contribution in [3.05, 3.63) is 0 Å². The van der Waals surface area contributed by atoms with Crippen molar-refractivity contribution in [3.63, 3.8) is 0 Å². The highest BCUT2D eigenvalue weighted by Crippen LogP contribution is 2.48. The minimum absolute atomic E-state index is 0.625. The second kappa shape index (κ2) is 4.45. The van der Waals surface area contributed by atoms with Crippen LogP contribution in [0.25, 0.3) is 0 Å². The van der Waals surface area contributed by atoms with Gasteiger partial charge in [0.05, 0.1) is 0 Å². The molecule has 1 aliphatic rings. The molecule has 1 fully saturated rings. The normalized spacial score (nSPS) is 24.0. The maximum absolute atomic E-state index is 3.72. The molecule has 2 unspecified atom stereocenters. The van der Waals surface area contributed by atoms with Gasteiger partial charge >= 0.3 is 0 Å². The van der Waals surface area contributed by atoms with Gasteiger partial charge in [0.2, 0.25) is 0 Å². The van der Waals surface area contributed by atoms with E-state index >= 15 is 0 Å². The summed E-state index contributed by atoms with van der Waals surface area (Å²) in [5.41, 5.74) is 0.625. The van der Waals surface area contributed by atoms with Crippen LogP contribution in [0.4, 0.5) is 0 Å². The summed E-state index contributed by atoms with van der Waals surface area (Å²) < 4.78 is 0. The molecule has 0 aliphatic heterocycles. The van der Waals surface area contributed by atoms with Crippen LogP contribution >= 0.6 is 0 Å². The maximum Gasteiger partial charge on any atom is 0.00950 e. The van der Waals surface area contributed by atoms with Gasteiger partial charge in [-0.05, 0) is 38.5 Å². The molecule has 2 atom stereocenters. The predicted molar refractivity (Wildman–Crippen MR) is 58.9 cm³/mol. The molecule has 1 nitrogen and oxygen atoms in total. The summed E-state index contributed by atoms with van der Waals surface area (Å²) in [6.07, 6.45) is 6.84. The van der Waals surface area contributed by atoms with E-state index in [0.29, 0.717) is 17.5 Å². The van der Waals surface area contributed by atoms with Crippen molar-refractivity contribution in [1.82, 2.24) is 5.32 Å². The lowest BCUT2D eigenvalue weighted by atomic mass is 9.99. The maximum atomic E-state index is 3.72. The van der Waals surface area contributed by atoms with Gasteiger partial charge in [-0.3, -0.25) is 0 Å². The summed E-state index contributed by atoms with van der Waals surface area (Å²) in [5, 5.41) is 3.72. The summed E-state index contributed by atoms with van der Waals surface area (Å²) in [6.45, 7) is 9.32. The predicted octanol–water partition coefficient (Wildman–Crippen LogP) is 3.34. The average molecular weight is 183 g/mol. The number of nitrogens with one attached hydrogen (secondary N) is 1. The zero-order valence-corrected chi connectivity index (χ0v) is 9.69. The van der Waals surface area contributed by atoms with Crippen LogP contribution in [-0.4, -0.2) is 12.1 Å². The van der Waals surface area contributed by atoms with Crippen LogP contribution in [0.3, 0.4) is 0 Å². The molecule has 1 aliphatic carbocycles. The summed E-state index contributed by atoms with van der Waals surface area (Å²) in [7, 11) is 0. The molecule has 1 heteroatoms. The van der Waals surface area contributed by atoms with Crippen LogP contribution in [0.2, 0.25) is 0 Å². The van der Waals surface area contributed by atoms with E-state index in [1.807, 2.05) is 0 Å². The summed E-state index contributed by atoms with van der Waals surface area (Å²) in [6, 6.07) is 1.41. The molecule has 0 aromatic heterocycles. The Labute approximate surface area is 83.3 Å². The second-order valence-corrected chi connectivity index (χ2v) is 5.09. The van der Waals surface area contributed by atoms with E-state index in [1.54, 1.807) is 0 Å². The molecule has 0 aromatic carbocycles. The van der Waals surface area contributed by atoms with E-state index in [9.17, 15) is 0 Å². The minimum Gasteiger partial charge on any atom is -0.311 e. The molecular formula is C12H25N. The van der Waals surface area contributed by atoms with E-state index in [4.69, 9.17) is 0 Å². The molecule has 78 valence electrons. The van der Waals surface area contributed by atoms with Gasteiger partial charge in [0, 0.05) is 12.1 Å². The quantitative estimate of drug-likeness (QED) is 0.666. The van der Waals surface area contributed by atoms with E-state index in [-0.39, 0.29) is 0 Å². The molecule has 0 spiro atoms. The Balaban J connectivity index is 2.15. The Morgan fingerprint density at radius 3 is 2.38 bits per heavy atom. The van der Waals surface area contributed by atoms with Crippen LogP contribution in [0.15, 0.2) is 0 Å². The first-order chi connectivity index (χ1) is 6.08. The Morgan fingerprint density at radius 2 is 1.92 bits per heavy atom. The van der Waals surface area contributed by atoms with E-state index in [1.165, 1.54) is 32.1 Å².